The van der Waals surface area contributed by atoms with Gasteiger partial charge in [-0.1, -0.05) is 85.2 Å². The predicted molar refractivity (Wildman–Crippen MR) is 231 cm³/mol. The van der Waals surface area contributed by atoms with Crippen LogP contribution in [0.25, 0.3) is 0 Å². The molecule has 13 heteroatoms. The van der Waals surface area contributed by atoms with Crippen molar-refractivity contribution in [3.63, 3.8) is 0 Å². The number of rotatable bonds is 24. The van der Waals surface area contributed by atoms with Crippen molar-refractivity contribution in [1.29, 1.82) is 0 Å². The Bertz CT molecular complexity index is 1410. The Labute approximate surface area is 350 Å². The molecule has 1 fully saturated rings. The fraction of sp³-hybridized carbons (Fsp3) is 0.778. The molecule has 0 radical (unpaired) electrons. The number of likely N-dealkylation sites (N-methyl/N-ethyl adjacent to an activating group) is 3. The van der Waals surface area contributed by atoms with Crippen molar-refractivity contribution >= 4 is 23.6 Å². The average molecular weight is 817 g/mol. The van der Waals surface area contributed by atoms with Crippen molar-refractivity contribution < 1.29 is 33.8 Å². The van der Waals surface area contributed by atoms with Crippen LogP contribution in [0.5, 0.6) is 0 Å². The summed E-state index contributed by atoms with van der Waals surface area (Å²) in [5.41, 5.74) is 0.711. The molecule has 0 bridgehead atoms. The van der Waals surface area contributed by atoms with Gasteiger partial charge in [-0.15, -0.1) is 0 Å². The van der Waals surface area contributed by atoms with E-state index in [1.54, 1.807) is 44.9 Å². The number of likely N-dealkylation sites (tertiary alicyclic amines) is 1. The maximum atomic E-state index is 14.5. The molecule has 0 unspecified atom stereocenters. The molecule has 2 rings (SSSR count). The summed E-state index contributed by atoms with van der Waals surface area (Å²) in [6.07, 6.45) is 0.109. The van der Waals surface area contributed by atoms with Crippen LogP contribution in [0.1, 0.15) is 107 Å². The molecule has 1 aromatic carbocycles. The van der Waals surface area contributed by atoms with E-state index < -0.39 is 48.4 Å². The molecular formula is C45H80N6O7. The number of carbonyl (C=O) groups is 4. The number of methoxy groups -OCH3 is 2. The van der Waals surface area contributed by atoms with Gasteiger partial charge < -0.3 is 39.9 Å². The van der Waals surface area contributed by atoms with E-state index >= 15 is 0 Å². The zero-order chi connectivity index (χ0) is 44.0. The first-order valence-electron chi connectivity index (χ1n) is 21.6. The minimum Gasteiger partial charge on any atom is -0.386 e. The Morgan fingerprint density at radius 3 is 1.97 bits per heavy atom. The van der Waals surface area contributed by atoms with Crippen LogP contribution in [0.4, 0.5) is 0 Å². The van der Waals surface area contributed by atoms with Crippen LogP contribution in [0.3, 0.4) is 0 Å². The summed E-state index contributed by atoms with van der Waals surface area (Å²) in [7, 11) is 8.92. The molecule has 10 atom stereocenters. The molecule has 4 amide bonds. The number of benzene rings is 1. The molecule has 0 aliphatic carbocycles. The molecule has 1 aliphatic rings. The highest BCUT2D eigenvalue weighted by Crippen LogP contribution is 2.30. The summed E-state index contributed by atoms with van der Waals surface area (Å²) in [5.74, 6) is -1.61. The monoisotopic (exact) mass is 817 g/mol. The van der Waals surface area contributed by atoms with E-state index in [2.05, 4.69) is 55.2 Å². The van der Waals surface area contributed by atoms with Crippen LogP contribution < -0.4 is 10.6 Å². The normalized spacial score (nSPS) is 19.5. The maximum absolute atomic E-state index is 14.5. The molecule has 332 valence electrons. The van der Waals surface area contributed by atoms with Gasteiger partial charge in [0.1, 0.15) is 6.04 Å². The Hall–Kier alpha value is -3.10. The zero-order valence-corrected chi connectivity index (χ0v) is 38.5. The van der Waals surface area contributed by atoms with E-state index in [4.69, 9.17) is 9.47 Å². The summed E-state index contributed by atoms with van der Waals surface area (Å²) in [6, 6.07) is 7.05. The molecule has 58 heavy (non-hydrogen) atoms. The zero-order valence-electron chi connectivity index (χ0n) is 38.5. The van der Waals surface area contributed by atoms with E-state index in [1.807, 2.05) is 65.1 Å². The SMILES string of the molecule is CC[C@H](C)[C@@H]([C@@H](CC(=O)N1CCC[C@H]1[C@H](OC)[C@@H](C)C(=O)N[C@H](C)[C@@H](O)c1ccccc1)OC)N(C)C(=O)[C@@H](NC(=O)[C@H](C(C)C)N(C)CCN(C)C(C)C)C(C)C. The van der Waals surface area contributed by atoms with Crippen LogP contribution in [-0.4, -0.2) is 152 Å². The molecule has 1 aliphatic heterocycles. The maximum Gasteiger partial charge on any atom is 0.245 e. The second-order valence-corrected chi connectivity index (χ2v) is 17.7. The van der Waals surface area contributed by atoms with Crippen LogP contribution in [0, 0.1) is 23.7 Å². The lowest BCUT2D eigenvalue weighted by atomic mass is 9.89. The smallest absolute Gasteiger partial charge is 0.245 e. The molecule has 3 N–H and O–H groups in total. The van der Waals surface area contributed by atoms with Gasteiger partial charge in [0.05, 0.1) is 54.8 Å². The van der Waals surface area contributed by atoms with E-state index in [9.17, 15) is 24.3 Å². The lowest BCUT2D eigenvalue weighted by Crippen LogP contribution is -2.60. The number of carbonyl (C=O) groups excluding carboxylic acids is 4. The first kappa shape index (κ1) is 51.0. The van der Waals surface area contributed by atoms with Gasteiger partial charge in [-0.2, -0.15) is 0 Å². The van der Waals surface area contributed by atoms with Crippen LogP contribution >= 0.6 is 0 Å². The van der Waals surface area contributed by atoms with Crippen molar-refractivity contribution in [3.8, 4) is 0 Å². The van der Waals surface area contributed by atoms with Crippen LogP contribution in [0.2, 0.25) is 0 Å². The summed E-state index contributed by atoms with van der Waals surface area (Å²) in [5, 5.41) is 17.0. The summed E-state index contributed by atoms with van der Waals surface area (Å²) < 4.78 is 12.0. The highest BCUT2D eigenvalue weighted by Gasteiger charge is 2.43. The Kier molecular flexibility index (Phi) is 21.3. The van der Waals surface area contributed by atoms with Gasteiger partial charge in [0.15, 0.2) is 0 Å². The second-order valence-electron chi connectivity index (χ2n) is 17.7. The average Bonchev–Trinajstić information content (AvgIpc) is 3.67. The van der Waals surface area contributed by atoms with E-state index in [1.165, 1.54) is 0 Å². The Morgan fingerprint density at radius 2 is 1.45 bits per heavy atom. The van der Waals surface area contributed by atoms with Crippen molar-refractivity contribution in [3.05, 3.63) is 35.9 Å². The molecular weight excluding hydrogens is 737 g/mol. The van der Waals surface area contributed by atoms with Gasteiger partial charge >= 0.3 is 0 Å². The number of hydrogen-bond acceptors (Lipinski definition) is 9. The molecule has 0 saturated carbocycles. The van der Waals surface area contributed by atoms with Gasteiger partial charge in [0, 0.05) is 46.9 Å². The fourth-order valence-electron chi connectivity index (χ4n) is 8.38. The number of nitrogens with zero attached hydrogens (tertiary/aromatic N) is 4. The molecule has 13 nitrogen and oxygen atoms in total. The number of ether oxygens (including phenoxy) is 2. The third-order valence-electron chi connectivity index (χ3n) is 12.5. The minimum absolute atomic E-state index is 0.0207. The van der Waals surface area contributed by atoms with Crippen LogP contribution in [0.15, 0.2) is 30.3 Å². The van der Waals surface area contributed by atoms with Crippen LogP contribution in [-0.2, 0) is 28.7 Å². The first-order chi connectivity index (χ1) is 27.2. The number of aliphatic hydroxyl groups excluding tert-OH is 1. The van der Waals surface area contributed by atoms with Crippen molar-refractivity contribution in [2.45, 2.75) is 149 Å². The summed E-state index contributed by atoms with van der Waals surface area (Å²) in [4.78, 5) is 64.1. The lowest BCUT2D eigenvalue weighted by Gasteiger charge is -2.41. The lowest BCUT2D eigenvalue weighted by molar-refractivity contribution is -0.148. The van der Waals surface area contributed by atoms with Gasteiger partial charge in [0.25, 0.3) is 0 Å². The standard InChI is InChI=1S/C45H80N6O7/c1-16-31(8)40(50(13)45(56)38(28(2)3)47-44(55)39(29(4)5)49(12)26-25-48(11)30(6)7)36(57-14)27-37(52)51-24-20-23-35(51)42(58-15)32(9)43(54)46-33(10)41(53)34-21-18-17-19-22-34/h17-19,21-22,28-33,35-36,38-42,53H,16,20,23-27H2,1-15H3,(H,46,54)(H,47,55)/t31-,32+,33+,35-,36+,38-,39-,40-,41+,42+/m0/s1. The van der Waals surface area contributed by atoms with E-state index in [0.29, 0.717) is 31.1 Å². The highest BCUT2D eigenvalue weighted by molar-refractivity contribution is 5.90. The molecule has 1 heterocycles. The predicted octanol–water partition coefficient (Wildman–Crippen LogP) is 4.58. The second kappa shape index (κ2) is 24.2. The minimum atomic E-state index is -0.880. The topological polar surface area (TPSA) is 144 Å². The third kappa shape index (κ3) is 13.7. The number of amides is 4. The quantitative estimate of drug-likeness (QED) is 0.137. The fourth-order valence-corrected chi connectivity index (χ4v) is 8.38. The first-order valence-corrected chi connectivity index (χ1v) is 21.6. The molecule has 0 aromatic heterocycles. The van der Waals surface area contributed by atoms with Crippen molar-refractivity contribution in [2.75, 3.05) is 55.0 Å². The molecule has 1 saturated heterocycles. The largest absolute Gasteiger partial charge is 0.386 e. The summed E-state index contributed by atoms with van der Waals surface area (Å²) >= 11 is 0. The Balaban J connectivity index is 2.26. The molecule has 1 aromatic rings. The van der Waals surface area contributed by atoms with E-state index in [-0.39, 0.29) is 53.8 Å². The molecule has 0 spiro atoms. The van der Waals surface area contributed by atoms with E-state index in [0.717, 1.165) is 19.4 Å². The van der Waals surface area contributed by atoms with Gasteiger partial charge in [-0.25, -0.2) is 0 Å². The van der Waals surface area contributed by atoms with Gasteiger partial charge in [-0.3, -0.25) is 24.1 Å². The van der Waals surface area contributed by atoms with Gasteiger partial charge in [-0.05, 0) is 71.0 Å². The highest BCUT2D eigenvalue weighted by atomic mass is 16.5. The third-order valence-corrected chi connectivity index (χ3v) is 12.5. The summed E-state index contributed by atoms with van der Waals surface area (Å²) in [6.45, 7) is 21.9. The van der Waals surface area contributed by atoms with Crippen molar-refractivity contribution in [1.82, 2.24) is 30.2 Å². The Morgan fingerprint density at radius 1 is 0.845 bits per heavy atom. The number of nitrogens with one attached hydrogen (secondary N) is 2. The van der Waals surface area contributed by atoms with Crippen molar-refractivity contribution in [2.24, 2.45) is 23.7 Å². The number of hydrogen-bond donors (Lipinski definition) is 3. The van der Waals surface area contributed by atoms with Gasteiger partial charge in [0.2, 0.25) is 23.6 Å². The number of aliphatic hydroxyl groups is 1.